The molecule has 0 aliphatic heterocycles. The van der Waals surface area contributed by atoms with Crippen molar-refractivity contribution in [3.05, 3.63) is 36.1 Å². The summed E-state index contributed by atoms with van der Waals surface area (Å²) in [6.07, 6.45) is 10.0. The van der Waals surface area contributed by atoms with E-state index >= 15 is 0 Å². The first kappa shape index (κ1) is 14.7. The van der Waals surface area contributed by atoms with Gasteiger partial charge in [-0.25, -0.2) is 0 Å². The second-order valence-corrected chi connectivity index (χ2v) is 3.97. The average molecular weight is 222 g/mol. The number of carbonyl (C=O) groups excluding carboxylic acids is 1. The third-order valence-electron chi connectivity index (χ3n) is 2.02. The van der Waals surface area contributed by atoms with Crippen LogP contribution in [0.5, 0.6) is 0 Å². The lowest BCUT2D eigenvalue weighted by Crippen LogP contribution is -1.96. The van der Waals surface area contributed by atoms with Crippen molar-refractivity contribution in [2.75, 3.05) is 0 Å². The number of rotatable bonds is 7. The Bertz CT molecular complexity index is 281. The van der Waals surface area contributed by atoms with Gasteiger partial charge in [0.25, 0.3) is 0 Å². The van der Waals surface area contributed by atoms with Gasteiger partial charge in [-0.3, -0.25) is 4.79 Å². The molecule has 0 fully saturated rings. The zero-order valence-electron chi connectivity index (χ0n) is 10.6. The number of ether oxygens (including phenoxy) is 1. The van der Waals surface area contributed by atoms with E-state index in [1.807, 2.05) is 6.08 Å². The molecule has 0 saturated heterocycles. The molecule has 0 heterocycles. The molecule has 0 unspecified atom stereocenters. The molecule has 0 aromatic heterocycles. The van der Waals surface area contributed by atoms with Crippen LogP contribution >= 0.6 is 0 Å². The molecular formula is C14H22O2. The van der Waals surface area contributed by atoms with Gasteiger partial charge in [-0.05, 0) is 51.7 Å². The number of hydrogen-bond acceptors (Lipinski definition) is 2. The van der Waals surface area contributed by atoms with Crippen LogP contribution in [0.1, 0.15) is 46.5 Å². The van der Waals surface area contributed by atoms with Gasteiger partial charge in [0.1, 0.15) is 5.76 Å². The molecule has 0 rings (SSSR count). The van der Waals surface area contributed by atoms with Crippen molar-refractivity contribution < 1.29 is 9.53 Å². The summed E-state index contributed by atoms with van der Waals surface area (Å²) < 4.78 is 4.94. The van der Waals surface area contributed by atoms with Crippen molar-refractivity contribution in [2.24, 2.45) is 0 Å². The van der Waals surface area contributed by atoms with Crippen LogP contribution < -0.4 is 0 Å². The summed E-state index contributed by atoms with van der Waals surface area (Å²) >= 11 is 0. The summed E-state index contributed by atoms with van der Waals surface area (Å²) in [6, 6.07) is 0. The molecule has 0 bridgehead atoms. The van der Waals surface area contributed by atoms with Crippen LogP contribution in [0.2, 0.25) is 0 Å². The molecule has 90 valence electrons. The summed E-state index contributed by atoms with van der Waals surface area (Å²) in [5.74, 6) is 0.269. The SMILES string of the molecule is C=C/C(=C\CCCCC=C(C)C)OC(C)=O. The molecule has 0 amide bonds. The number of esters is 1. The Morgan fingerprint density at radius 1 is 1.12 bits per heavy atom. The number of hydrogen-bond donors (Lipinski definition) is 0. The Morgan fingerprint density at radius 2 is 1.69 bits per heavy atom. The first-order valence-corrected chi connectivity index (χ1v) is 5.70. The quantitative estimate of drug-likeness (QED) is 0.213. The molecule has 0 spiro atoms. The maximum absolute atomic E-state index is 10.7. The van der Waals surface area contributed by atoms with E-state index < -0.39 is 0 Å². The van der Waals surface area contributed by atoms with Crippen molar-refractivity contribution in [2.45, 2.75) is 46.5 Å². The van der Waals surface area contributed by atoms with Crippen LogP contribution in [0.25, 0.3) is 0 Å². The average Bonchev–Trinajstić information content (AvgIpc) is 2.20. The van der Waals surface area contributed by atoms with Gasteiger partial charge in [-0.1, -0.05) is 18.2 Å². The Labute approximate surface area is 98.7 Å². The summed E-state index contributed by atoms with van der Waals surface area (Å²) in [7, 11) is 0. The van der Waals surface area contributed by atoms with E-state index in [0.717, 1.165) is 25.7 Å². The third kappa shape index (κ3) is 9.25. The molecule has 0 radical (unpaired) electrons. The highest BCUT2D eigenvalue weighted by Crippen LogP contribution is 2.07. The summed E-state index contributed by atoms with van der Waals surface area (Å²) in [6.45, 7) is 9.21. The van der Waals surface area contributed by atoms with Crippen LogP contribution in [0.15, 0.2) is 36.1 Å². The van der Waals surface area contributed by atoms with Crippen LogP contribution in [0, 0.1) is 0 Å². The fourth-order valence-electron chi connectivity index (χ4n) is 1.26. The van der Waals surface area contributed by atoms with E-state index in [0.29, 0.717) is 5.76 Å². The van der Waals surface area contributed by atoms with Gasteiger partial charge in [-0.2, -0.15) is 0 Å². The zero-order chi connectivity index (χ0) is 12.4. The molecule has 0 N–H and O–H groups in total. The molecule has 0 saturated carbocycles. The lowest BCUT2D eigenvalue weighted by atomic mass is 10.1. The molecular weight excluding hydrogens is 200 g/mol. The summed E-state index contributed by atoms with van der Waals surface area (Å²) in [5.41, 5.74) is 1.36. The Balaban J connectivity index is 3.75. The number of allylic oxidation sites excluding steroid dienone is 4. The van der Waals surface area contributed by atoms with Crippen LogP contribution in [-0.2, 0) is 9.53 Å². The number of unbranched alkanes of at least 4 members (excludes halogenated alkanes) is 3. The van der Waals surface area contributed by atoms with Gasteiger partial charge < -0.3 is 4.74 Å². The Morgan fingerprint density at radius 3 is 2.12 bits per heavy atom. The fourth-order valence-corrected chi connectivity index (χ4v) is 1.26. The maximum atomic E-state index is 10.7. The highest BCUT2D eigenvalue weighted by molar-refractivity contribution is 5.67. The predicted molar refractivity (Wildman–Crippen MR) is 67.9 cm³/mol. The van der Waals surface area contributed by atoms with E-state index in [4.69, 9.17) is 4.74 Å². The smallest absolute Gasteiger partial charge is 0.308 e. The first-order valence-electron chi connectivity index (χ1n) is 5.70. The maximum Gasteiger partial charge on any atom is 0.308 e. The summed E-state index contributed by atoms with van der Waals surface area (Å²) in [4.78, 5) is 10.7. The molecule has 0 aromatic rings. The molecule has 2 heteroatoms. The van der Waals surface area contributed by atoms with Gasteiger partial charge in [0.05, 0.1) is 0 Å². The third-order valence-corrected chi connectivity index (χ3v) is 2.02. The second-order valence-electron chi connectivity index (χ2n) is 3.97. The van der Waals surface area contributed by atoms with E-state index in [2.05, 4.69) is 26.5 Å². The van der Waals surface area contributed by atoms with Crippen LogP contribution in [0.4, 0.5) is 0 Å². The molecule has 2 nitrogen and oxygen atoms in total. The largest absolute Gasteiger partial charge is 0.427 e. The topological polar surface area (TPSA) is 26.3 Å². The lowest BCUT2D eigenvalue weighted by molar-refractivity contribution is -0.136. The van der Waals surface area contributed by atoms with E-state index in [9.17, 15) is 4.79 Å². The molecule has 16 heavy (non-hydrogen) atoms. The van der Waals surface area contributed by atoms with Crippen molar-refractivity contribution in [1.82, 2.24) is 0 Å². The van der Waals surface area contributed by atoms with Gasteiger partial charge >= 0.3 is 5.97 Å². The normalized spacial score (nSPS) is 10.8. The molecule has 0 atom stereocenters. The van der Waals surface area contributed by atoms with E-state index in [1.54, 1.807) is 6.08 Å². The molecule has 0 aliphatic rings. The van der Waals surface area contributed by atoms with Gasteiger partial charge in [0.2, 0.25) is 0 Å². The van der Waals surface area contributed by atoms with Crippen molar-refractivity contribution in [1.29, 1.82) is 0 Å². The first-order chi connectivity index (χ1) is 7.56. The van der Waals surface area contributed by atoms with Gasteiger partial charge in [0.15, 0.2) is 0 Å². The number of carbonyl (C=O) groups is 1. The monoisotopic (exact) mass is 222 g/mol. The van der Waals surface area contributed by atoms with Crippen molar-refractivity contribution >= 4 is 5.97 Å². The molecule has 0 aromatic carbocycles. The Hall–Kier alpha value is -1.31. The molecule has 0 aliphatic carbocycles. The fraction of sp³-hybridized carbons (Fsp3) is 0.500. The lowest BCUT2D eigenvalue weighted by Gasteiger charge is -2.01. The predicted octanol–water partition coefficient (Wildman–Crippen LogP) is 4.15. The van der Waals surface area contributed by atoms with Crippen molar-refractivity contribution in [3.8, 4) is 0 Å². The minimum Gasteiger partial charge on any atom is -0.427 e. The van der Waals surface area contributed by atoms with Crippen LogP contribution in [-0.4, -0.2) is 5.97 Å². The standard InChI is InChI=1S/C14H22O2/c1-5-14(16-13(4)15)11-9-7-6-8-10-12(2)3/h5,10-11H,1,6-9H2,2-4H3/b14-11+. The van der Waals surface area contributed by atoms with E-state index in [-0.39, 0.29) is 5.97 Å². The Kier molecular flexibility index (Phi) is 8.22. The van der Waals surface area contributed by atoms with E-state index in [1.165, 1.54) is 12.5 Å². The highest BCUT2D eigenvalue weighted by atomic mass is 16.5. The summed E-state index contributed by atoms with van der Waals surface area (Å²) in [5, 5.41) is 0. The minimum absolute atomic E-state index is 0.296. The zero-order valence-corrected chi connectivity index (χ0v) is 10.6. The van der Waals surface area contributed by atoms with Crippen LogP contribution in [0.3, 0.4) is 0 Å². The minimum atomic E-state index is -0.296. The van der Waals surface area contributed by atoms with Gasteiger partial charge in [-0.15, -0.1) is 0 Å². The second kappa shape index (κ2) is 8.96. The van der Waals surface area contributed by atoms with Gasteiger partial charge in [0, 0.05) is 6.92 Å². The van der Waals surface area contributed by atoms with Crippen molar-refractivity contribution in [3.63, 3.8) is 0 Å². The highest BCUT2D eigenvalue weighted by Gasteiger charge is 1.96.